The van der Waals surface area contributed by atoms with E-state index in [2.05, 4.69) is 23.5 Å². The predicted octanol–water partition coefficient (Wildman–Crippen LogP) is 1.08. The quantitative estimate of drug-likeness (QED) is 0.809. The summed E-state index contributed by atoms with van der Waals surface area (Å²) >= 11 is 0. The van der Waals surface area contributed by atoms with Gasteiger partial charge in [-0.05, 0) is 19.8 Å². The number of hydrogen-bond acceptors (Lipinski definition) is 3. The monoisotopic (exact) mass is 209 g/mol. The summed E-state index contributed by atoms with van der Waals surface area (Å²) in [4.78, 5) is 0. The summed E-state index contributed by atoms with van der Waals surface area (Å²) in [7, 11) is 1.94. The Morgan fingerprint density at radius 2 is 2.27 bits per heavy atom. The number of hydrogen-bond donors (Lipinski definition) is 1. The van der Waals surface area contributed by atoms with Gasteiger partial charge in [-0.15, -0.1) is 0 Å². The molecule has 4 heteroatoms. The summed E-state index contributed by atoms with van der Waals surface area (Å²) in [5.41, 5.74) is 1.47. The lowest BCUT2D eigenvalue weighted by atomic mass is 9.92. The third kappa shape index (κ3) is 2.79. The Morgan fingerprint density at radius 1 is 1.53 bits per heavy atom. The van der Waals surface area contributed by atoms with Crippen LogP contribution in [0.1, 0.15) is 25.3 Å². The molecule has 0 radical (unpaired) electrons. The van der Waals surface area contributed by atoms with Crippen LogP contribution in [0.5, 0.6) is 0 Å². The molecule has 1 aliphatic rings. The van der Waals surface area contributed by atoms with Crippen molar-refractivity contribution in [2.75, 3.05) is 13.2 Å². The summed E-state index contributed by atoms with van der Waals surface area (Å²) in [6.07, 6.45) is 6.14. The van der Waals surface area contributed by atoms with Crippen molar-refractivity contribution in [3.63, 3.8) is 0 Å². The fourth-order valence-corrected chi connectivity index (χ4v) is 1.88. The predicted molar refractivity (Wildman–Crippen MR) is 58.5 cm³/mol. The van der Waals surface area contributed by atoms with E-state index in [1.165, 1.54) is 5.56 Å². The van der Waals surface area contributed by atoms with Crippen molar-refractivity contribution < 1.29 is 4.74 Å². The molecule has 0 spiro atoms. The van der Waals surface area contributed by atoms with Crippen LogP contribution in [0, 0.1) is 0 Å². The maximum absolute atomic E-state index is 5.36. The van der Waals surface area contributed by atoms with Crippen molar-refractivity contribution in [3.05, 3.63) is 18.0 Å². The molecule has 1 saturated heterocycles. The summed E-state index contributed by atoms with van der Waals surface area (Å²) in [6.45, 7) is 4.91. The highest BCUT2D eigenvalue weighted by molar-refractivity contribution is 5.04. The highest BCUT2D eigenvalue weighted by Crippen LogP contribution is 2.20. The average molecular weight is 209 g/mol. The first-order valence-corrected chi connectivity index (χ1v) is 5.48. The number of aryl methyl sites for hydroxylation is 1. The van der Waals surface area contributed by atoms with Crippen LogP contribution in [0.15, 0.2) is 12.4 Å². The molecule has 15 heavy (non-hydrogen) atoms. The highest BCUT2D eigenvalue weighted by Gasteiger charge is 2.26. The normalized spacial score (nSPS) is 20.4. The van der Waals surface area contributed by atoms with Gasteiger partial charge < -0.3 is 10.1 Å². The second kappa shape index (κ2) is 4.33. The fourth-order valence-electron chi connectivity index (χ4n) is 1.88. The summed E-state index contributed by atoms with van der Waals surface area (Å²) in [6, 6.07) is 0. The lowest BCUT2D eigenvalue weighted by Crippen LogP contribution is -2.46. The molecule has 2 rings (SSSR count). The van der Waals surface area contributed by atoms with E-state index in [1.54, 1.807) is 0 Å². The maximum Gasteiger partial charge on any atom is 0.0534 e. The Kier molecular flexibility index (Phi) is 3.07. The Balaban J connectivity index is 1.86. The van der Waals surface area contributed by atoms with E-state index in [0.717, 1.165) is 32.6 Å². The second-order valence-corrected chi connectivity index (χ2v) is 4.55. The molecule has 0 amide bonds. The molecular formula is C11H19N3O. The number of nitrogens with zero attached hydrogens (tertiary/aromatic N) is 2. The Bertz CT molecular complexity index is 315. The van der Waals surface area contributed by atoms with Gasteiger partial charge in [0.25, 0.3) is 0 Å². The first kappa shape index (κ1) is 10.6. The van der Waals surface area contributed by atoms with E-state index in [-0.39, 0.29) is 5.54 Å². The molecule has 0 saturated carbocycles. The Labute approximate surface area is 90.6 Å². The first-order chi connectivity index (χ1) is 7.18. The van der Waals surface area contributed by atoms with Crippen LogP contribution in [0.25, 0.3) is 0 Å². The molecule has 0 unspecified atom stereocenters. The molecule has 1 aliphatic heterocycles. The van der Waals surface area contributed by atoms with Gasteiger partial charge in [-0.2, -0.15) is 5.10 Å². The second-order valence-electron chi connectivity index (χ2n) is 4.55. The van der Waals surface area contributed by atoms with Gasteiger partial charge in [-0.1, -0.05) is 0 Å². The molecule has 0 aromatic carbocycles. The van der Waals surface area contributed by atoms with Gasteiger partial charge >= 0.3 is 0 Å². The van der Waals surface area contributed by atoms with Gasteiger partial charge in [-0.25, -0.2) is 0 Å². The van der Waals surface area contributed by atoms with E-state index in [4.69, 9.17) is 4.74 Å². The minimum absolute atomic E-state index is 0.230. The van der Waals surface area contributed by atoms with Gasteiger partial charge in [0.05, 0.1) is 6.20 Å². The molecule has 1 aromatic rings. The number of nitrogens with one attached hydrogen (secondary N) is 1. The smallest absolute Gasteiger partial charge is 0.0534 e. The van der Waals surface area contributed by atoms with Crippen LogP contribution in [-0.4, -0.2) is 28.5 Å². The molecular weight excluding hydrogens is 190 g/mol. The third-order valence-corrected chi connectivity index (χ3v) is 3.07. The van der Waals surface area contributed by atoms with Gasteiger partial charge in [0.1, 0.15) is 0 Å². The largest absolute Gasteiger partial charge is 0.381 e. The first-order valence-electron chi connectivity index (χ1n) is 5.48. The number of aromatic nitrogens is 2. The lowest BCUT2D eigenvalue weighted by Gasteiger charge is -2.34. The van der Waals surface area contributed by atoms with Gasteiger partial charge in [-0.3, -0.25) is 4.68 Å². The molecule has 0 bridgehead atoms. The van der Waals surface area contributed by atoms with Gasteiger partial charge in [0, 0.05) is 44.1 Å². The van der Waals surface area contributed by atoms with E-state index < -0.39 is 0 Å². The highest BCUT2D eigenvalue weighted by atomic mass is 16.5. The van der Waals surface area contributed by atoms with Gasteiger partial charge in [0.15, 0.2) is 0 Å². The van der Waals surface area contributed by atoms with Crippen LogP contribution in [0.2, 0.25) is 0 Å². The third-order valence-electron chi connectivity index (χ3n) is 3.07. The molecule has 4 nitrogen and oxygen atoms in total. The van der Waals surface area contributed by atoms with Crippen LogP contribution in [0.3, 0.4) is 0 Å². The van der Waals surface area contributed by atoms with Crippen molar-refractivity contribution in [2.24, 2.45) is 7.05 Å². The van der Waals surface area contributed by atoms with Crippen LogP contribution >= 0.6 is 0 Å². The van der Waals surface area contributed by atoms with Crippen molar-refractivity contribution >= 4 is 0 Å². The topological polar surface area (TPSA) is 39.1 Å². The molecule has 1 aromatic heterocycles. The van der Waals surface area contributed by atoms with Crippen LogP contribution < -0.4 is 5.32 Å². The Morgan fingerprint density at radius 3 is 2.87 bits per heavy atom. The van der Waals surface area contributed by atoms with E-state index in [0.29, 0.717) is 0 Å². The number of ether oxygens (including phenoxy) is 1. The SMILES string of the molecule is Cn1cc(CNC2(C)CCOCC2)cn1. The molecule has 84 valence electrons. The standard InChI is InChI=1S/C11H19N3O/c1-11(3-5-15-6-4-11)12-7-10-8-13-14(2)9-10/h8-9,12H,3-7H2,1-2H3. The fraction of sp³-hybridized carbons (Fsp3) is 0.727. The minimum atomic E-state index is 0.230. The maximum atomic E-state index is 5.36. The minimum Gasteiger partial charge on any atom is -0.381 e. The van der Waals surface area contributed by atoms with Crippen molar-refractivity contribution in [1.82, 2.24) is 15.1 Å². The molecule has 1 fully saturated rings. The van der Waals surface area contributed by atoms with Crippen LogP contribution in [-0.2, 0) is 18.3 Å². The van der Waals surface area contributed by atoms with Crippen LogP contribution in [0.4, 0.5) is 0 Å². The van der Waals surface area contributed by atoms with E-state index >= 15 is 0 Å². The van der Waals surface area contributed by atoms with Gasteiger partial charge in [0.2, 0.25) is 0 Å². The molecule has 0 atom stereocenters. The number of rotatable bonds is 3. The van der Waals surface area contributed by atoms with E-state index in [9.17, 15) is 0 Å². The van der Waals surface area contributed by atoms with E-state index in [1.807, 2.05) is 17.9 Å². The summed E-state index contributed by atoms with van der Waals surface area (Å²) in [5.74, 6) is 0. The molecule has 1 N–H and O–H groups in total. The zero-order valence-corrected chi connectivity index (χ0v) is 9.49. The zero-order chi connectivity index (χ0) is 10.7. The summed E-state index contributed by atoms with van der Waals surface area (Å²) < 4.78 is 7.20. The van der Waals surface area contributed by atoms with Crippen molar-refractivity contribution in [3.8, 4) is 0 Å². The Hall–Kier alpha value is -0.870. The van der Waals surface area contributed by atoms with Crippen molar-refractivity contribution in [1.29, 1.82) is 0 Å². The lowest BCUT2D eigenvalue weighted by molar-refractivity contribution is 0.0446. The summed E-state index contributed by atoms with van der Waals surface area (Å²) in [5, 5.41) is 7.75. The average Bonchev–Trinajstić information content (AvgIpc) is 2.63. The zero-order valence-electron chi connectivity index (χ0n) is 9.49. The van der Waals surface area contributed by atoms with Crippen molar-refractivity contribution in [2.45, 2.75) is 31.8 Å². The molecule has 0 aliphatic carbocycles. The molecule has 2 heterocycles.